The van der Waals surface area contributed by atoms with E-state index in [9.17, 15) is 0 Å². The van der Waals surface area contributed by atoms with Gasteiger partial charge in [-0.25, -0.2) is 0 Å². The SMILES string of the molecule is CCC1(CC)CNC2(CCCC2)CN1Cc1cccs1. The Morgan fingerprint density at radius 1 is 1.25 bits per heavy atom. The maximum Gasteiger partial charge on any atom is 0.0334 e. The van der Waals surface area contributed by atoms with Crippen molar-refractivity contribution in [2.24, 2.45) is 0 Å². The van der Waals surface area contributed by atoms with Gasteiger partial charge in [0.05, 0.1) is 0 Å². The molecule has 2 heterocycles. The molecule has 20 heavy (non-hydrogen) atoms. The predicted octanol–water partition coefficient (Wildman–Crippen LogP) is 4.02. The minimum atomic E-state index is 0.359. The molecule has 1 aromatic rings. The molecule has 0 aromatic carbocycles. The first-order valence-corrected chi connectivity index (χ1v) is 9.12. The van der Waals surface area contributed by atoms with Crippen LogP contribution in [-0.4, -0.2) is 29.1 Å². The highest BCUT2D eigenvalue weighted by atomic mass is 32.1. The van der Waals surface area contributed by atoms with Crippen LogP contribution >= 0.6 is 11.3 Å². The lowest BCUT2D eigenvalue weighted by atomic mass is 9.82. The Morgan fingerprint density at radius 2 is 2.00 bits per heavy atom. The maximum absolute atomic E-state index is 3.96. The monoisotopic (exact) mass is 292 g/mol. The lowest BCUT2D eigenvalue weighted by Gasteiger charge is -2.53. The van der Waals surface area contributed by atoms with Gasteiger partial charge in [0.25, 0.3) is 0 Å². The van der Waals surface area contributed by atoms with E-state index in [1.165, 1.54) is 56.5 Å². The largest absolute Gasteiger partial charge is 0.308 e. The Hall–Kier alpha value is -0.380. The average Bonchev–Trinajstić information content (AvgIpc) is 3.13. The van der Waals surface area contributed by atoms with E-state index < -0.39 is 0 Å². The highest BCUT2D eigenvalue weighted by Gasteiger charge is 2.46. The number of hydrogen-bond donors (Lipinski definition) is 1. The van der Waals surface area contributed by atoms with Crippen molar-refractivity contribution < 1.29 is 0 Å². The van der Waals surface area contributed by atoms with E-state index in [1.807, 2.05) is 11.3 Å². The average molecular weight is 292 g/mol. The lowest BCUT2D eigenvalue weighted by molar-refractivity contribution is -0.00580. The fourth-order valence-electron chi connectivity index (χ4n) is 4.20. The lowest BCUT2D eigenvalue weighted by Crippen LogP contribution is -2.68. The third-order valence-electron chi connectivity index (χ3n) is 5.76. The molecule has 1 saturated heterocycles. The summed E-state index contributed by atoms with van der Waals surface area (Å²) in [7, 11) is 0. The van der Waals surface area contributed by atoms with Crippen molar-refractivity contribution in [1.29, 1.82) is 0 Å². The molecule has 1 aliphatic heterocycles. The van der Waals surface area contributed by atoms with Gasteiger partial charge in [0.1, 0.15) is 0 Å². The zero-order valence-electron chi connectivity index (χ0n) is 13.0. The van der Waals surface area contributed by atoms with Gasteiger partial charge < -0.3 is 5.32 Å². The second-order valence-electron chi connectivity index (χ2n) is 6.71. The first-order valence-electron chi connectivity index (χ1n) is 8.24. The molecule has 3 heteroatoms. The van der Waals surface area contributed by atoms with Gasteiger partial charge in [0, 0.05) is 35.6 Å². The van der Waals surface area contributed by atoms with E-state index in [1.54, 1.807) is 0 Å². The number of piperazine rings is 1. The van der Waals surface area contributed by atoms with Crippen LogP contribution in [0.4, 0.5) is 0 Å². The molecule has 2 fully saturated rings. The molecule has 1 saturated carbocycles. The standard InChI is InChI=1S/C17H28N2S/c1-3-17(4-2)13-18-16(9-5-6-10-16)14-19(17)12-15-8-7-11-20-15/h7-8,11,18H,3-6,9-10,12-14H2,1-2H3. The molecular weight excluding hydrogens is 264 g/mol. The van der Waals surface area contributed by atoms with Crippen LogP contribution in [0.25, 0.3) is 0 Å². The zero-order chi connectivity index (χ0) is 14.1. The van der Waals surface area contributed by atoms with Gasteiger partial charge in [-0.3, -0.25) is 4.90 Å². The molecule has 2 aliphatic rings. The van der Waals surface area contributed by atoms with Crippen LogP contribution in [0.5, 0.6) is 0 Å². The van der Waals surface area contributed by atoms with Crippen molar-refractivity contribution >= 4 is 11.3 Å². The summed E-state index contributed by atoms with van der Waals surface area (Å²) in [5.41, 5.74) is 0.781. The van der Waals surface area contributed by atoms with E-state index >= 15 is 0 Å². The van der Waals surface area contributed by atoms with Crippen molar-refractivity contribution in [3.63, 3.8) is 0 Å². The van der Waals surface area contributed by atoms with Crippen molar-refractivity contribution in [3.05, 3.63) is 22.4 Å². The Morgan fingerprint density at radius 3 is 2.60 bits per heavy atom. The highest BCUT2D eigenvalue weighted by Crippen LogP contribution is 2.39. The smallest absolute Gasteiger partial charge is 0.0334 e. The van der Waals surface area contributed by atoms with Gasteiger partial charge in [0.2, 0.25) is 0 Å². The minimum Gasteiger partial charge on any atom is -0.308 e. The molecule has 3 rings (SSSR count). The number of nitrogens with one attached hydrogen (secondary N) is 1. The van der Waals surface area contributed by atoms with Crippen molar-refractivity contribution in [2.45, 2.75) is 70.0 Å². The first kappa shape index (κ1) is 14.6. The van der Waals surface area contributed by atoms with Crippen molar-refractivity contribution in [3.8, 4) is 0 Å². The minimum absolute atomic E-state index is 0.359. The van der Waals surface area contributed by atoms with Crippen LogP contribution in [0.1, 0.15) is 57.2 Å². The summed E-state index contributed by atoms with van der Waals surface area (Å²) < 4.78 is 0. The van der Waals surface area contributed by atoms with E-state index in [4.69, 9.17) is 0 Å². The summed E-state index contributed by atoms with van der Waals surface area (Å²) in [6.45, 7) is 8.28. The van der Waals surface area contributed by atoms with Crippen LogP contribution in [-0.2, 0) is 6.54 Å². The van der Waals surface area contributed by atoms with Gasteiger partial charge in [0.15, 0.2) is 0 Å². The Bertz CT molecular complexity index is 416. The first-order chi connectivity index (χ1) is 9.72. The van der Waals surface area contributed by atoms with E-state index in [0.29, 0.717) is 11.1 Å². The molecule has 0 atom stereocenters. The highest BCUT2D eigenvalue weighted by molar-refractivity contribution is 7.09. The fraction of sp³-hybridized carbons (Fsp3) is 0.765. The van der Waals surface area contributed by atoms with Gasteiger partial charge in [-0.2, -0.15) is 0 Å². The fourth-order valence-corrected chi connectivity index (χ4v) is 4.92. The summed E-state index contributed by atoms with van der Waals surface area (Å²) in [5.74, 6) is 0. The van der Waals surface area contributed by atoms with Crippen molar-refractivity contribution in [2.75, 3.05) is 13.1 Å². The predicted molar refractivity (Wildman–Crippen MR) is 87.2 cm³/mol. The molecule has 112 valence electrons. The molecule has 0 amide bonds. The quantitative estimate of drug-likeness (QED) is 0.901. The van der Waals surface area contributed by atoms with Crippen LogP contribution in [0.15, 0.2) is 17.5 Å². The topological polar surface area (TPSA) is 15.3 Å². The molecule has 2 nitrogen and oxygen atoms in total. The van der Waals surface area contributed by atoms with Gasteiger partial charge in [-0.1, -0.05) is 32.8 Å². The van der Waals surface area contributed by atoms with E-state index in [-0.39, 0.29) is 0 Å². The molecule has 0 unspecified atom stereocenters. The molecular formula is C17H28N2S. The van der Waals surface area contributed by atoms with Crippen LogP contribution in [0.2, 0.25) is 0 Å². The summed E-state index contributed by atoms with van der Waals surface area (Å²) in [6, 6.07) is 4.48. The maximum atomic E-state index is 3.96. The van der Waals surface area contributed by atoms with Crippen LogP contribution < -0.4 is 5.32 Å². The van der Waals surface area contributed by atoms with Crippen LogP contribution in [0, 0.1) is 0 Å². The number of rotatable bonds is 4. The van der Waals surface area contributed by atoms with Crippen molar-refractivity contribution in [1.82, 2.24) is 10.2 Å². The Balaban J connectivity index is 1.81. The third kappa shape index (κ3) is 2.56. The number of thiophene rings is 1. The van der Waals surface area contributed by atoms with Gasteiger partial charge in [-0.05, 0) is 37.1 Å². The second kappa shape index (κ2) is 5.78. The molecule has 0 bridgehead atoms. The summed E-state index contributed by atoms with van der Waals surface area (Å²) >= 11 is 1.91. The molecule has 1 aliphatic carbocycles. The molecule has 0 radical (unpaired) electrons. The Labute approximate surface area is 127 Å². The Kier molecular flexibility index (Phi) is 4.21. The summed E-state index contributed by atoms with van der Waals surface area (Å²) in [5, 5.41) is 6.17. The van der Waals surface area contributed by atoms with E-state index in [0.717, 1.165) is 6.54 Å². The van der Waals surface area contributed by atoms with Gasteiger partial charge in [-0.15, -0.1) is 11.3 Å². The second-order valence-corrected chi connectivity index (χ2v) is 7.74. The molecule has 1 N–H and O–H groups in total. The zero-order valence-corrected chi connectivity index (χ0v) is 13.8. The number of nitrogens with zero attached hydrogens (tertiary/aromatic N) is 1. The molecule has 1 aromatic heterocycles. The summed E-state index contributed by atoms with van der Waals surface area (Å²) in [6.07, 6.45) is 8.06. The van der Waals surface area contributed by atoms with E-state index in [2.05, 4.69) is 41.6 Å². The summed E-state index contributed by atoms with van der Waals surface area (Å²) in [4.78, 5) is 4.33. The van der Waals surface area contributed by atoms with Crippen LogP contribution in [0.3, 0.4) is 0 Å². The third-order valence-corrected chi connectivity index (χ3v) is 6.62. The van der Waals surface area contributed by atoms with Gasteiger partial charge >= 0.3 is 0 Å². The number of hydrogen-bond acceptors (Lipinski definition) is 3. The normalized spacial score (nSPS) is 25.3. The molecule has 1 spiro atoms.